The van der Waals surface area contributed by atoms with E-state index in [1.54, 1.807) is 0 Å². The highest BCUT2D eigenvalue weighted by Gasteiger charge is 2.39. The van der Waals surface area contributed by atoms with E-state index in [0.717, 1.165) is 62.4 Å². The zero-order valence-electron chi connectivity index (χ0n) is 71.8. The molecule has 0 atom stereocenters. The molecule has 0 N–H and O–H groups in total. The summed E-state index contributed by atoms with van der Waals surface area (Å²) in [6, 6.07) is 151. The number of nitrogens with zero attached hydrogens (tertiary/aromatic N) is 7. The SMILES string of the molecule is CC1(C)c2ccccc2-c2ccc(N(c3ccc(C#N)cc3)c3ccc4c(c3)c3ccccc3n4-c3ccccc3)cc21.CC1(C)c2ccccc2-c2ccc(N(c3ccc(F)cc3)c3ccc4c(c3)c3ccccc3n4-c3ccccc3)cc21.Cc1ccc(N(c2ccc3c(c2)C(C)(C)c2ccccc2-3)c2ccc3c(c2)c2ccccc2n3-c2ccccc2)cc1. The van der Waals surface area contributed by atoms with Gasteiger partial charge in [-0.3, -0.25) is 0 Å². The maximum atomic E-state index is 14.1. The van der Waals surface area contributed by atoms with Gasteiger partial charge in [0.15, 0.2) is 0 Å². The van der Waals surface area contributed by atoms with Gasteiger partial charge in [0.05, 0.1) is 44.7 Å². The Morgan fingerprint density at radius 3 is 0.795 bits per heavy atom. The Bertz CT molecular complexity index is 7630. The molecule has 8 heteroatoms. The summed E-state index contributed by atoms with van der Waals surface area (Å²) >= 11 is 0. The number of aryl methyl sites for hydroxylation is 1. The van der Waals surface area contributed by atoms with E-state index in [0.29, 0.717) is 5.56 Å². The highest BCUT2D eigenvalue weighted by molar-refractivity contribution is 6.14. The topological polar surface area (TPSA) is 48.3 Å². The maximum Gasteiger partial charge on any atom is 0.123 e. The zero-order valence-corrected chi connectivity index (χ0v) is 71.8. The van der Waals surface area contributed by atoms with Crippen LogP contribution in [-0.4, -0.2) is 13.7 Å². The monoisotopic (exact) mass is 1640 g/mol. The van der Waals surface area contributed by atoms with Crippen LogP contribution in [0.15, 0.2) is 419 Å². The zero-order chi connectivity index (χ0) is 86.0. The lowest BCUT2D eigenvalue weighted by Crippen LogP contribution is -2.16. The lowest BCUT2D eigenvalue weighted by Gasteiger charge is -2.28. The number of para-hydroxylation sites is 6. The number of anilines is 9. The first-order valence-corrected chi connectivity index (χ1v) is 43.8. The number of rotatable bonds is 12. The van der Waals surface area contributed by atoms with Gasteiger partial charge in [0.1, 0.15) is 5.82 Å². The molecule has 3 heterocycles. The van der Waals surface area contributed by atoms with E-state index in [2.05, 4.69) is 447 Å². The van der Waals surface area contributed by atoms with Crippen molar-refractivity contribution in [1.29, 1.82) is 5.26 Å². The van der Waals surface area contributed by atoms with Crippen molar-refractivity contribution in [2.45, 2.75) is 64.7 Å². The van der Waals surface area contributed by atoms with Crippen molar-refractivity contribution in [2.75, 3.05) is 14.7 Å². The van der Waals surface area contributed by atoms with Crippen LogP contribution in [0.5, 0.6) is 0 Å². The minimum atomic E-state index is -0.245. The summed E-state index contributed by atoms with van der Waals surface area (Å²) in [7, 11) is 0. The van der Waals surface area contributed by atoms with Crippen molar-refractivity contribution in [3.05, 3.63) is 469 Å². The summed E-state index contributed by atoms with van der Waals surface area (Å²) in [4.78, 5) is 6.97. The Morgan fingerprint density at radius 1 is 0.228 bits per heavy atom. The Kier molecular flexibility index (Phi) is 18.6. The first-order valence-electron chi connectivity index (χ1n) is 43.8. The molecule has 0 fully saturated rings. The minimum absolute atomic E-state index is 0.0616. The van der Waals surface area contributed by atoms with Gasteiger partial charge in [-0.05, 0) is 280 Å². The molecule has 127 heavy (non-hydrogen) atoms. The van der Waals surface area contributed by atoms with Crippen LogP contribution < -0.4 is 14.7 Å². The first kappa shape index (κ1) is 77.3. The molecule has 0 radical (unpaired) electrons. The average Bonchev–Trinajstić information content (AvgIpc) is 1.59. The van der Waals surface area contributed by atoms with Crippen molar-refractivity contribution in [1.82, 2.24) is 13.7 Å². The summed E-state index contributed by atoms with van der Waals surface area (Å²) in [5.41, 5.74) is 37.8. The number of nitriles is 1. The van der Waals surface area contributed by atoms with Gasteiger partial charge in [-0.1, -0.05) is 259 Å². The van der Waals surface area contributed by atoms with Gasteiger partial charge in [0, 0.05) is 117 Å². The van der Waals surface area contributed by atoms with E-state index >= 15 is 0 Å². The van der Waals surface area contributed by atoms with Gasteiger partial charge in [-0.2, -0.15) is 5.26 Å². The van der Waals surface area contributed by atoms with Crippen molar-refractivity contribution in [2.24, 2.45) is 0 Å². The van der Waals surface area contributed by atoms with Crippen molar-refractivity contribution in [3.63, 3.8) is 0 Å². The average molecular weight is 1640 g/mol. The predicted molar refractivity (Wildman–Crippen MR) is 528 cm³/mol. The lowest BCUT2D eigenvalue weighted by atomic mass is 9.82. The van der Waals surface area contributed by atoms with E-state index in [-0.39, 0.29) is 22.1 Å². The fourth-order valence-electron chi connectivity index (χ4n) is 20.7. The van der Waals surface area contributed by atoms with Crippen molar-refractivity contribution < 1.29 is 4.39 Å². The number of halogens is 1. The molecular weight excluding hydrogens is 1550 g/mol. The molecule has 0 unspecified atom stereocenters. The van der Waals surface area contributed by atoms with E-state index in [1.165, 1.54) is 156 Å². The third-order valence-corrected chi connectivity index (χ3v) is 26.9. The highest BCUT2D eigenvalue weighted by atomic mass is 19.1. The van der Waals surface area contributed by atoms with E-state index in [1.807, 2.05) is 42.5 Å². The van der Waals surface area contributed by atoms with Gasteiger partial charge >= 0.3 is 0 Å². The van der Waals surface area contributed by atoms with Gasteiger partial charge in [0.25, 0.3) is 0 Å². The summed E-state index contributed by atoms with van der Waals surface area (Å²) < 4.78 is 21.2. The fourth-order valence-corrected chi connectivity index (χ4v) is 20.7. The summed E-state index contributed by atoms with van der Waals surface area (Å²) in [6.45, 7) is 16.1. The maximum absolute atomic E-state index is 14.1. The largest absolute Gasteiger partial charge is 0.310 e. The quantitative estimate of drug-likeness (QED) is 0.122. The molecule has 3 aromatic heterocycles. The van der Waals surface area contributed by atoms with Crippen molar-refractivity contribution >= 4 is 117 Å². The smallest absolute Gasteiger partial charge is 0.123 e. The normalized spacial score (nSPS) is 13.2. The summed E-state index contributed by atoms with van der Waals surface area (Å²) in [5, 5.41) is 16.8. The van der Waals surface area contributed by atoms with Crippen molar-refractivity contribution in [3.8, 4) is 56.5 Å². The van der Waals surface area contributed by atoms with E-state index in [9.17, 15) is 9.65 Å². The summed E-state index contributed by atoms with van der Waals surface area (Å²) in [5.74, 6) is -0.245. The molecule has 0 bridgehead atoms. The highest BCUT2D eigenvalue weighted by Crippen LogP contribution is 2.56. The van der Waals surface area contributed by atoms with Crippen LogP contribution in [0.2, 0.25) is 0 Å². The molecule has 0 saturated carbocycles. The summed E-state index contributed by atoms with van der Waals surface area (Å²) in [6.07, 6.45) is 0. The molecule has 18 aromatic carbocycles. The standard InChI is InChI=1S/C40H29N3.C40H32N2.C39H29FN2/c1-40(2)36-14-8-6-12-32(36)33-22-20-31(25-37(33)40)42(29-18-16-27(26-41)17-19-29)30-21-23-39-35(24-30)34-13-7-9-15-38(34)43(39)28-10-4-3-5-11-28;1-27-17-19-29(20-18-27)41(31-21-23-33-32-13-7-9-15-36(32)40(2,3)37(33)26-31)30-22-24-39-35(25-30)34-14-8-10-16-38(34)42(39)28-11-5-4-6-12-28;1-39(2)35-14-8-6-12-31(35)32-22-20-30(25-36(32)39)41(28-18-16-26(40)17-19-28)29-21-23-38-34(24-29)33-13-7-9-15-37(33)42(38)27-10-4-3-5-11-27/h3-25H,1-2H3;4-26H,1-3H3;3-25H,1-2H3. The van der Waals surface area contributed by atoms with Gasteiger partial charge < -0.3 is 28.4 Å². The van der Waals surface area contributed by atoms with Crippen LogP contribution >= 0.6 is 0 Å². The third-order valence-electron chi connectivity index (χ3n) is 26.9. The van der Waals surface area contributed by atoms with Gasteiger partial charge in [-0.25, -0.2) is 4.39 Å². The van der Waals surface area contributed by atoms with E-state index < -0.39 is 0 Å². The first-order chi connectivity index (χ1) is 62.0. The molecule has 0 spiro atoms. The number of aromatic nitrogens is 3. The molecule has 24 rings (SSSR count). The third kappa shape index (κ3) is 12.9. The van der Waals surface area contributed by atoms with E-state index in [4.69, 9.17) is 0 Å². The number of hydrogen-bond donors (Lipinski definition) is 0. The Morgan fingerprint density at radius 2 is 0.472 bits per heavy atom. The van der Waals surface area contributed by atoms with Gasteiger partial charge in [-0.15, -0.1) is 0 Å². The Labute approximate surface area is 739 Å². The number of hydrogen-bond acceptors (Lipinski definition) is 4. The lowest BCUT2D eigenvalue weighted by molar-refractivity contribution is 0.628. The van der Waals surface area contributed by atoms with Crippen LogP contribution in [0.25, 0.3) is 116 Å². The Hall–Kier alpha value is -15.8. The van der Waals surface area contributed by atoms with Crippen LogP contribution in [-0.2, 0) is 16.2 Å². The minimum Gasteiger partial charge on any atom is -0.310 e. The second-order valence-electron chi connectivity index (χ2n) is 35.3. The van der Waals surface area contributed by atoms with Crippen LogP contribution in [0.3, 0.4) is 0 Å². The molecule has 21 aromatic rings. The fraction of sp³-hybridized carbons (Fsp3) is 0.0840. The second kappa shape index (κ2) is 30.6. The molecule has 0 saturated heterocycles. The molecule has 608 valence electrons. The van der Waals surface area contributed by atoms with Crippen LogP contribution in [0.1, 0.15) is 86.1 Å². The van der Waals surface area contributed by atoms with Gasteiger partial charge in [0.2, 0.25) is 0 Å². The molecule has 0 amide bonds. The molecule has 7 nitrogen and oxygen atoms in total. The number of fused-ring (bicyclic) bond motifs is 18. The molecular formula is C119H90FN7. The van der Waals surface area contributed by atoms with Crippen LogP contribution in [0.4, 0.5) is 55.6 Å². The second-order valence-corrected chi connectivity index (χ2v) is 35.3. The molecule has 3 aliphatic carbocycles. The Balaban J connectivity index is 0.000000112. The molecule has 3 aliphatic rings. The van der Waals surface area contributed by atoms with Crippen LogP contribution in [0, 0.1) is 24.1 Å². The predicted octanol–water partition coefficient (Wildman–Crippen LogP) is 32.0. The molecule has 0 aliphatic heterocycles. The number of benzene rings is 18.